The molecule has 20 heavy (non-hydrogen) atoms. The van der Waals surface area contributed by atoms with Gasteiger partial charge in [0.15, 0.2) is 0 Å². The van der Waals surface area contributed by atoms with Crippen molar-refractivity contribution in [2.75, 3.05) is 12.8 Å². The minimum atomic E-state index is 0.0385. The van der Waals surface area contributed by atoms with Crippen molar-refractivity contribution in [2.45, 2.75) is 50.3 Å². The van der Waals surface area contributed by atoms with Crippen LogP contribution in [0.4, 0.5) is 0 Å². The highest BCUT2D eigenvalue weighted by atomic mass is 79.9. The third kappa shape index (κ3) is 3.61. The van der Waals surface area contributed by atoms with E-state index in [2.05, 4.69) is 27.5 Å². The van der Waals surface area contributed by atoms with Crippen molar-refractivity contribution in [3.8, 4) is 0 Å². The molecular formula is C15H23BrN2OS. The first-order valence-electron chi connectivity index (χ1n) is 7.29. The number of aryl methyl sites for hydroxylation is 1. The lowest BCUT2D eigenvalue weighted by Gasteiger charge is -2.35. The van der Waals surface area contributed by atoms with E-state index in [1.807, 2.05) is 35.5 Å². The van der Waals surface area contributed by atoms with Gasteiger partial charge < -0.3 is 9.88 Å². The summed E-state index contributed by atoms with van der Waals surface area (Å²) in [5.41, 5.74) is 0.742. The van der Waals surface area contributed by atoms with Gasteiger partial charge in [-0.3, -0.25) is 4.79 Å². The van der Waals surface area contributed by atoms with E-state index in [-0.39, 0.29) is 10.7 Å². The van der Waals surface area contributed by atoms with E-state index >= 15 is 0 Å². The number of carbonyl (C=O) groups is 1. The zero-order chi connectivity index (χ0) is 14.6. The second-order valence-electron chi connectivity index (χ2n) is 5.46. The molecule has 0 saturated heterocycles. The van der Waals surface area contributed by atoms with Gasteiger partial charge in [-0.25, -0.2) is 0 Å². The van der Waals surface area contributed by atoms with Gasteiger partial charge in [0, 0.05) is 28.5 Å². The second-order valence-corrected chi connectivity index (χ2v) is 7.65. The molecule has 3 nitrogen and oxygen atoms in total. The first kappa shape index (κ1) is 16.0. The third-order valence-electron chi connectivity index (χ3n) is 4.21. The van der Waals surface area contributed by atoms with Crippen molar-refractivity contribution in [2.24, 2.45) is 0 Å². The predicted octanol–water partition coefficient (Wildman–Crippen LogP) is 4.07. The average Bonchev–Trinajstić information content (AvgIpc) is 2.87. The number of halogens is 1. The van der Waals surface area contributed by atoms with Crippen LogP contribution >= 0.6 is 27.7 Å². The Morgan fingerprint density at radius 1 is 1.45 bits per heavy atom. The largest absolute Gasteiger partial charge is 0.349 e. The first-order chi connectivity index (χ1) is 9.60. The minimum Gasteiger partial charge on any atom is -0.349 e. The van der Waals surface area contributed by atoms with Crippen LogP contribution in [-0.2, 0) is 6.54 Å². The molecule has 0 bridgehead atoms. The van der Waals surface area contributed by atoms with E-state index in [4.69, 9.17) is 0 Å². The van der Waals surface area contributed by atoms with E-state index in [0.717, 1.165) is 23.3 Å². The molecule has 0 aromatic carbocycles. The van der Waals surface area contributed by atoms with Crippen molar-refractivity contribution in [1.82, 2.24) is 9.88 Å². The van der Waals surface area contributed by atoms with Gasteiger partial charge in [-0.2, -0.15) is 11.8 Å². The van der Waals surface area contributed by atoms with Gasteiger partial charge in [0.05, 0.1) is 0 Å². The fourth-order valence-electron chi connectivity index (χ4n) is 2.91. The molecule has 0 unspecified atom stereocenters. The fraction of sp³-hybridized carbons (Fsp3) is 0.667. The van der Waals surface area contributed by atoms with Crippen molar-refractivity contribution in [1.29, 1.82) is 0 Å². The number of nitrogens with one attached hydrogen (secondary N) is 1. The third-order valence-corrected chi connectivity index (χ3v) is 6.06. The SMILES string of the molecule is CCn1cc(Br)cc1C(=O)NCC1(SC)CCCCC1. The molecule has 1 aliphatic rings. The van der Waals surface area contributed by atoms with Gasteiger partial charge >= 0.3 is 0 Å². The predicted molar refractivity (Wildman–Crippen MR) is 89.5 cm³/mol. The summed E-state index contributed by atoms with van der Waals surface area (Å²) in [5.74, 6) is 0.0385. The van der Waals surface area contributed by atoms with E-state index in [9.17, 15) is 4.79 Å². The maximum absolute atomic E-state index is 12.4. The molecule has 112 valence electrons. The average molecular weight is 359 g/mol. The number of amides is 1. The molecule has 2 rings (SSSR count). The fourth-order valence-corrected chi connectivity index (χ4v) is 4.29. The molecule has 1 aromatic heterocycles. The lowest BCUT2D eigenvalue weighted by molar-refractivity contribution is 0.0937. The zero-order valence-corrected chi connectivity index (χ0v) is 14.6. The van der Waals surface area contributed by atoms with Gasteiger partial charge in [0.25, 0.3) is 5.91 Å². The van der Waals surface area contributed by atoms with Crippen molar-refractivity contribution in [3.63, 3.8) is 0 Å². The van der Waals surface area contributed by atoms with Crippen LogP contribution in [-0.4, -0.2) is 28.0 Å². The summed E-state index contributed by atoms with van der Waals surface area (Å²) in [5, 5.41) is 3.15. The number of aromatic nitrogens is 1. The molecule has 1 aliphatic carbocycles. The van der Waals surface area contributed by atoms with E-state index in [0.29, 0.717) is 0 Å². The Bertz CT molecular complexity index is 466. The van der Waals surface area contributed by atoms with Gasteiger partial charge in [-0.05, 0) is 48.0 Å². The standard InChI is InChI=1S/C15H23BrN2OS/c1-3-18-10-12(16)9-13(18)14(19)17-11-15(20-2)7-5-4-6-8-15/h9-10H,3-8,11H2,1-2H3,(H,17,19). The Labute approximate surface area is 134 Å². The molecule has 1 heterocycles. The monoisotopic (exact) mass is 358 g/mol. The molecule has 1 saturated carbocycles. The van der Waals surface area contributed by atoms with Crippen LogP contribution in [0.15, 0.2) is 16.7 Å². The van der Waals surface area contributed by atoms with E-state index in [1.165, 1.54) is 32.1 Å². The van der Waals surface area contributed by atoms with Gasteiger partial charge in [-0.15, -0.1) is 0 Å². The van der Waals surface area contributed by atoms with Crippen LogP contribution in [0, 0.1) is 0 Å². The topological polar surface area (TPSA) is 34.0 Å². The highest BCUT2D eigenvalue weighted by molar-refractivity contribution is 9.10. The normalized spacial score (nSPS) is 17.9. The number of nitrogens with zero attached hydrogens (tertiary/aromatic N) is 1. The Balaban J connectivity index is 2.00. The van der Waals surface area contributed by atoms with Crippen LogP contribution in [0.1, 0.15) is 49.5 Å². The number of hydrogen-bond acceptors (Lipinski definition) is 2. The number of thioether (sulfide) groups is 1. The smallest absolute Gasteiger partial charge is 0.267 e. The maximum Gasteiger partial charge on any atom is 0.267 e. The summed E-state index contributed by atoms with van der Waals surface area (Å²) < 4.78 is 3.18. The van der Waals surface area contributed by atoms with Gasteiger partial charge in [0.1, 0.15) is 5.69 Å². The van der Waals surface area contributed by atoms with Crippen LogP contribution in [0.25, 0.3) is 0 Å². The Hall–Kier alpha value is -0.420. The first-order valence-corrected chi connectivity index (χ1v) is 9.31. The highest BCUT2D eigenvalue weighted by Gasteiger charge is 2.31. The maximum atomic E-state index is 12.4. The van der Waals surface area contributed by atoms with Crippen LogP contribution in [0.2, 0.25) is 0 Å². The van der Waals surface area contributed by atoms with Crippen molar-refractivity contribution in [3.05, 3.63) is 22.4 Å². The highest BCUT2D eigenvalue weighted by Crippen LogP contribution is 2.38. The second kappa shape index (κ2) is 7.03. The number of rotatable bonds is 5. The lowest BCUT2D eigenvalue weighted by atomic mass is 9.88. The minimum absolute atomic E-state index is 0.0385. The van der Waals surface area contributed by atoms with Crippen LogP contribution in [0.3, 0.4) is 0 Å². The Kier molecular flexibility index (Phi) is 5.61. The molecule has 0 radical (unpaired) electrons. The molecule has 1 amide bonds. The summed E-state index contributed by atoms with van der Waals surface area (Å²) in [6.07, 6.45) is 10.5. The quantitative estimate of drug-likeness (QED) is 0.860. The summed E-state index contributed by atoms with van der Waals surface area (Å²) in [7, 11) is 0. The molecule has 0 atom stereocenters. The summed E-state index contributed by atoms with van der Waals surface area (Å²) in [4.78, 5) is 12.4. The molecule has 0 aliphatic heterocycles. The summed E-state index contributed by atoms with van der Waals surface area (Å²) in [6, 6.07) is 1.89. The molecule has 1 N–H and O–H groups in total. The van der Waals surface area contributed by atoms with Crippen LogP contribution < -0.4 is 5.32 Å². The van der Waals surface area contributed by atoms with Crippen molar-refractivity contribution >= 4 is 33.6 Å². The van der Waals surface area contributed by atoms with Gasteiger partial charge in [0.2, 0.25) is 0 Å². The number of hydrogen-bond donors (Lipinski definition) is 1. The molecule has 1 fully saturated rings. The molecular weight excluding hydrogens is 336 g/mol. The molecule has 0 spiro atoms. The lowest BCUT2D eigenvalue weighted by Crippen LogP contribution is -2.42. The summed E-state index contributed by atoms with van der Waals surface area (Å²) in [6.45, 7) is 3.63. The summed E-state index contributed by atoms with van der Waals surface area (Å²) >= 11 is 5.35. The number of carbonyl (C=O) groups excluding carboxylic acids is 1. The van der Waals surface area contributed by atoms with E-state index in [1.54, 1.807) is 0 Å². The van der Waals surface area contributed by atoms with Gasteiger partial charge in [-0.1, -0.05) is 19.3 Å². The van der Waals surface area contributed by atoms with Crippen molar-refractivity contribution < 1.29 is 4.79 Å². The molecule has 5 heteroatoms. The zero-order valence-electron chi connectivity index (χ0n) is 12.2. The Morgan fingerprint density at radius 2 is 2.15 bits per heavy atom. The van der Waals surface area contributed by atoms with E-state index < -0.39 is 0 Å². The molecule has 1 aromatic rings. The Morgan fingerprint density at radius 3 is 2.75 bits per heavy atom. The van der Waals surface area contributed by atoms with Crippen LogP contribution in [0.5, 0.6) is 0 Å².